The third-order valence-electron chi connectivity index (χ3n) is 4.92. The molecule has 160 valence electrons. The molecule has 0 spiro atoms. The summed E-state index contributed by atoms with van der Waals surface area (Å²) in [6.45, 7) is 1.97. The second-order valence-electron chi connectivity index (χ2n) is 7.19. The minimum atomic E-state index is -0.693. The Morgan fingerprint density at radius 3 is 2.03 bits per heavy atom. The van der Waals surface area contributed by atoms with Gasteiger partial charge in [0.2, 0.25) is 0 Å². The van der Waals surface area contributed by atoms with E-state index in [0.29, 0.717) is 23.7 Å². The summed E-state index contributed by atoms with van der Waals surface area (Å²) in [6.07, 6.45) is 0. The van der Waals surface area contributed by atoms with Gasteiger partial charge in [-0.05, 0) is 36.8 Å². The Bertz CT molecular complexity index is 1200. The molecule has 0 aliphatic rings. The number of carbonyl (C=O) groups excluding carboxylic acids is 1. The summed E-state index contributed by atoms with van der Waals surface area (Å²) in [5.41, 5.74) is 1.56. The molecule has 0 bridgehead atoms. The van der Waals surface area contributed by atoms with Crippen molar-refractivity contribution in [1.29, 1.82) is 0 Å². The molecule has 0 aliphatic heterocycles. The average Bonchev–Trinajstić information content (AvgIpc) is 2.82. The van der Waals surface area contributed by atoms with Crippen LogP contribution in [-0.2, 0) is 6.54 Å². The summed E-state index contributed by atoms with van der Waals surface area (Å²) < 4.78 is 26.5. The van der Waals surface area contributed by atoms with Gasteiger partial charge in [0.05, 0.1) is 5.69 Å². The first-order valence-electron chi connectivity index (χ1n) is 10.2. The Morgan fingerprint density at radius 1 is 0.844 bits per heavy atom. The normalized spacial score (nSPS) is 10.4. The molecule has 1 N–H and O–H groups in total. The van der Waals surface area contributed by atoms with Crippen LogP contribution in [0.4, 0.5) is 10.1 Å². The van der Waals surface area contributed by atoms with Crippen LogP contribution in [0.15, 0.2) is 97.1 Å². The van der Waals surface area contributed by atoms with Crippen LogP contribution in [0.1, 0.15) is 21.5 Å². The van der Waals surface area contributed by atoms with E-state index in [1.807, 2.05) is 54.6 Å². The Labute approximate surface area is 186 Å². The number of para-hydroxylation sites is 2. The van der Waals surface area contributed by atoms with Crippen LogP contribution >= 0.6 is 0 Å². The van der Waals surface area contributed by atoms with E-state index >= 15 is 0 Å². The number of anilines is 1. The van der Waals surface area contributed by atoms with Gasteiger partial charge >= 0.3 is 5.97 Å². The molecule has 0 fully saturated rings. The molecular weight excluding hydrogens is 405 g/mol. The zero-order valence-electron chi connectivity index (χ0n) is 17.5. The van der Waals surface area contributed by atoms with Crippen molar-refractivity contribution >= 4 is 11.7 Å². The molecule has 0 radical (unpaired) electrons. The highest BCUT2D eigenvalue weighted by molar-refractivity contribution is 5.98. The fourth-order valence-electron chi connectivity index (χ4n) is 3.25. The number of esters is 1. The van der Waals surface area contributed by atoms with Crippen LogP contribution in [0.5, 0.6) is 17.2 Å². The molecule has 32 heavy (non-hydrogen) atoms. The van der Waals surface area contributed by atoms with Crippen molar-refractivity contribution in [1.82, 2.24) is 0 Å². The van der Waals surface area contributed by atoms with Gasteiger partial charge in [-0.25, -0.2) is 9.18 Å². The summed E-state index contributed by atoms with van der Waals surface area (Å²) in [5, 5.41) is 3.20. The lowest BCUT2D eigenvalue weighted by atomic mass is 10.0. The molecule has 0 saturated heterocycles. The van der Waals surface area contributed by atoms with E-state index in [0.717, 1.165) is 5.56 Å². The van der Waals surface area contributed by atoms with Crippen molar-refractivity contribution in [2.75, 3.05) is 5.32 Å². The van der Waals surface area contributed by atoms with E-state index in [4.69, 9.17) is 9.47 Å². The molecule has 0 saturated carbocycles. The summed E-state index contributed by atoms with van der Waals surface area (Å²) in [6, 6.07) is 28.8. The van der Waals surface area contributed by atoms with Crippen molar-refractivity contribution in [3.8, 4) is 17.2 Å². The fraction of sp³-hybridized carbons (Fsp3) is 0.0741. The molecule has 5 heteroatoms. The van der Waals surface area contributed by atoms with Crippen molar-refractivity contribution < 1.29 is 18.7 Å². The number of benzene rings is 4. The van der Waals surface area contributed by atoms with Gasteiger partial charge in [0.15, 0.2) is 5.75 Å². The van der Waals surface area contributed by atoms with Crippen LogP contribution < -0.4 is 14.8 Å². The SMILES string of the molecule is Cc1c(F)cc(NCc2ccccc2)c(Oc2ccccc2)c1C(=O)Oc1ccccc1. The number of hydrogen-bond donors (Lipinski definition) is 1. The summed E-state index contributed by atoms with van der Waals surface area (Å²) in [5.74, 6) is -0.115. The molecule has 4 aromatic carbocycles. The molecule has 4 aromatic rings. The van der Waals surface area contributed by atoms with E-state index in [9.17, 15) is 9.18 Å². The van der Waals surface area contributed by atoms with E-state index in [2.05, 4.69) is 5.32 Å². The highest BCUT2D eigenvalue weighted by Crippen LogP contribution is 2.38. The average molecular weight is 427 g/mol. The number of ether oxygens (including phenoxy) is 2. The number of carbonyl (C=O) groups is 1. The minimum Gasteiger partial charge on any atom is -0.454 e. The fourth-order valence-corrected chi connectivity index (χ4v) is 3.25. The highest BCUT2D eigenvalue weighted by atomic mass is 19.1. The van der Waals surface area contributed by atoms with Gasteiger partial charge in [-0.1, -0.05) is 66.7 Å². The maximum absolute atomic E-state index is 14.9. The van der Waals surface area contributed by atoms with Crippen LogP contribution in [0, 0.1) is 12.7 Å². The van der Waals surface area contributed by atoms with Gasteiger partial charge in [-0.15, -0.1) is 0 Å². The third kappa shape index (κ3) is 4.95. The Balaban J connectivity index is 1.75. The first-order valence-corrected chi connectivity index (χ1v) is 10.2. The first kappa shape index (κ1) is 21.1. The predicted molar refractivity (Wildman–Crippen MR) is 123 cm³/mol. The first-order chi connectivity index (χ1) is 15.6. The van der Waals surface area contributed by atoms with Crippen LogP contribution in [0.2, 0.25) is 0 Å². The van der Waals surface area contributed by atoms with Crippen LogP contribution in [0.25, 0.3) is 0 Å². The number of nitrogens with one attached hydrogen (secondary N) is 1. The number of hydrogen-bond acceptors (Lipinski definition) is 4. The second kappa shape index (κ2) is 9.79. The Kier molecular flexibility index (Phi) is 6.46. The van der Waals surface area contributed by atoms with Gasteiger partial charge in [-0.2, -0.15) is 0 Å². The second-order valence-corrected chi connectivity index (χ2v) is 7.19. The van der Waals surface area contributed by atoms with Gasteiger partial charge in [0, 0.05) is 18.2 Å². The van der Waals surface area contributed by atoms with E-state index in [1.54, 1.807) is 36.4 Å². The monoisotopic (exact) mass is 427 g/mol. The predicted octanol–water partition coefficient (Wildman–Crippen LogP) is 6.76. The smallest absolute Gasteiger partial charge is 0.347 e. The standard InChI is InChI=1S/C27H22FNO3/c1-19-23(28)17-24(29-18-20-11-5-2-6-12-20)26(31-21-13-7-3-8-14-21)25(19)27(30)32-22-15-9-4-10-16-22/h2-17,29H,18H2,1H3. The molecular formula is C27H22FNO3. The van der Waals surface area contributed by atoms with Crippen LogP contribution in [-0.4, -0.2) is 5.97 Å². The zero-order chi connectivity index (χ0) is 22.3. The molecule has 0 unspecified atom stereocenters. The molecule has 0 heterocycles. The zero-order valence-corrected chi connectivity index (χ0v) is 17.5. The van der Waals surface area contributed by atoms with E-state index < -0.39 is 11.8 Å². The van der Waals surface area contributed by atoms with Crippen molar-refractivity contribution in [3.05, 3.63) is 120 Å². The quantitative estimate of drug-likeness (QED) is 0.262. The lowest BCUT2D eigenvalue weighted by molar-refractivity contribution is 0.0730. The minimum absolute atomic E-state index is 0.0354. The molecule has 4 rings (SSSR count). The summed E-state index contributed by atoms with van der Waals surface area (Å²) in [4.78, 5) is 13.1. The Morgan fingerprint density at radius 2 is 1.41 bits per heavy atom. The number of halogens is 1. The topological polar surface area (TPSA) is 47.6 Å². The highest BCUT2D eigenvalue weighted by Gasteiger charge is 2.25. The lowest BCUT2D eigenvalue weighted by Crippen LogP contribution is -2.15. The Hall–Kier alpha value is -4.12. The molecule has 4 nitrogen and oxygen atoms in total. The summed E-state index contributed by atoms with van der Waals surface area (Å²) >= 11 is 0. The van der Waals surface area contributed by atoms with Gasteiger partial charge < -0.3 is 14.8 Å². The summed E-state index contributed by atoms with van der Waals surface area (Å²) in [7, 11) is 0. The van der Waals surface area contributed by atoms with Crippen LogP contribution in [0.3, 0.4) is 0 Å². The maximum atomic E-state index is 14.9. The largest absolute Gasteiger partial charge is 0.454 e. The third-order valence-corrected chi connectivity index (χ3v) is 4.92. The number of rotatable bonds is 7. The van der Waals surface area contributed by atoms with Crippen molar-refractivity contribution in [2.45, 2.75) is 13.5 Å². The van der Waals surface area contributed by atoms with Crippen molar-refractivity contribution in [2.24, 2.45) is 0 Å². The molecule has 0 aromatic heterocycles. The maximum Gasteiger partial charge on any atom is 0.347 e. The lowest BCUT2D eigenvalue weighted by Gasteiger charge is -2.19. The molecule has 0 aliphatic carbocycles. The molecule has 0 amide bonds. The van der Waals surface area contributed by atoms with Gasteiger partial charge in [-0.3, -0.25) is 0 Å². The van der Waals surface area contributed by atoms with E-state index in [-0.39, 0.29) is 16.9 Å². The molecule has 0 atom stereocenters. The van der Waals surface area contributed by atoms with Crippen molar-refractivity contribution in [3.63, 3.8) is 0 Å². The van der Waals surface area contributed by atoms with Gasteiger partial charge in [0.25, 0.3) is 0 Å². The van der Waals surface area contributed by atoms with E-state index in [1.165, 1.54) is 13.0 Å². The van der Waals surface area contributed by atoms with Gasteiger partial charge in [0.1, 0.15) is 22.9 Å².